The number of ketones is 1. The van der Waals surface area contributed by atoms with Gasteiger partial charge in [-0.1, -0.05) is 13.8 Å². The zero-order valence-electron chi connectivity index (χ0n) is 9.62. The first-order valence-corrected chi connectivity index (χ1v) is 7.14. The highest BCUT2D eigenvalue weighted by atomic mass is 32.2. The molecule has 2 saturated carbocycles. The van der Waals surface area contributed by atoms with Crippen LogP contribution in [0.4, 0.5) is 0 Å². The maximum absolute atomic E-state index is 12.0. The number of carbonyl (C=O) groups is 1. The van der Waals surface area contributed by atoms with Crippen molar-refractivity contribution < 1.29 is 13.2 Å². The van der Waals surface area contributed by atoms with Gasteiger partial charge in [-0.05, 0) is 24.2 Å². The van der Waals surface area contributed by atoms with Gasteiger partial charge in [0.1, 0.15) is 5.78 Å². The summed E-state index contributed by atoms with van der Waals surface area (Å²) in [5.41, 5.74) is -0.948. The number of sulfonamides is 1. The van der Waals surface area contributed by atoms with Gasteiger partial charge < -0.3 is 0 Å². The number of fused-ring (bicyclic) bond motifs is 2. The smallest absolute Gasteiger partial charge is 0.225 e. The molecule has 0 radical (unpaired) electrons. The predicted octanol–water partition coefficient (Wildman–Crippen LogP) is 0.175. The summed E-state index contributed by atoms with van der Waals surface area (Å²) in [6.45, 7) is 4.00. The lowest BCUT2D eigenvalue weighted by molar-refractivity contribution is -0.128. The van der Waals surface area contributed by atoms with Crippen molar-refractivity contribution in [1.82, 2.24) is 4.83 Å². The molecule has 6 heteroatoms. The summed E-state index contributed by atoms with van der Waals surface area (Å²) in [5, 5.41) is 0. The Balaban J connectivity index is 2.40. The predicted molar refractivity (Wildman–Crippen MR) is 59.7 cm³/mol. The summed E-state index contributed by atoms with van der Waals surface area (Å²) in [4.78, 5) is 13.9. The summed E-state index contributed by atoms with van der Waals surface area (Å²) in [6, 6.07) is 0. The Morgan fingerprint density at radius 3 is 2.50 bits per heavy atom. The molecule has 0 heterocycles. The average molecular weight is 246 g/mol. The maximum Gasteiger partial charge on any atom is 0.225 e. The minimum absolute atomic E-state index is 0.0903. The first kappa shape index (κ1) is 12.0. The monoisotopic (exact) mass is 246 g/mol. The van der Waals surface area contributed by atoms with E-state index in [1.807, 2.05) is 18.7 Å². The van der Waals surface area contributed by atoms with E-state index >= 15 is 0 Å². The highest BCUT2D eigenvalue weighted by Gasteiger charge is 2.65. The summed E-state index contributed by atoms with van der Waals surface area (Å²) >= 11 is 0. The van der Waals surface area contributed by atoms with Gasteiger partial charge in [-0.2, -0.15) is 4.83 Å². The van der Waals surface area contributed by atoms with Crippen molar-refractivity contribution in [1.29, 1.82) is 0 Å². The number of nitrogens with two attached hydrogens (primary N) is 1. The van der Waals surface area contributed by atoms with E-state index in [-0.39, 0.29) is 17.0 Å². The van der Waals surface area contributed by atoms with Crippen LogP contribution in [0.1, 0.15) is 33.1 Å². The van der Waals surface area contributed by atoms with Gasteiger partial charge in [-0.15, -0.1) is 0 Å². The fourth-order valence-corrected chi connectivity index (χ4v) is 4.88. The van der Waals surface area contributed by atoms with Gasteiger partial charge in [0.05, 0.1) is 5.75 Å². The number of hydrogen-bond donors (Lipinski definition) is 2. The Bertz CT molecular complexity index is 429. The summed E-state index contributed by atoms with van der Waals surface area (Å²) in [5.74, 6) is 5.25. The van der Waals surface area contributed by atoms with Gasteiger partial charge in [-0.3, -0.25) is 10.6 Å². The highest BCUT2D eigenvalue weighted by Crippen LogP contribution is 2.64. The molecule has 2 atom stereocenters. The lowest BCUT2D eigenvalue weighted by Crippen LogP contribution is -2.46. The largest absolute Gasteiger partial charge is 0.299 e. The maximum atomic E-state index is 12.0. The van der Waals surface area contributed by atoms with Crippen LogP contribution < -0.4 is 10.7 Å². The standard InChI is InChI=1S/C10H18N2O3S/c1-9(2)7-3-4-10(9,8(13)5-7)6-16(14,15)12-11/h7,12H,3-6,11H2,1-2H3/t7-,10+/m0/s1. The van der Waals surface area contributed by atoms with Crippen molar-refractivity contribution in [2.75, 3.05) is 5.75 Å². The molecular weight excluding hydrogens is 228 g/mol. The fourth-order valence-electron chi connectivity index (χ4n) is 3.47. The molecule has 0 aromatic carbocycles. The van der Waals surface area contributed by atoms with Crippen LogP contribution in [0, 0.1) is 16.7 Å². The van der Waals surface area contributed by atoms with Crippen molar-refractivity contribution in [3.8, 4) is 0 Å². The minimum Gasteiger partial charge on any atom is -0.299 e. The second kappa shape index (κ2) is 3.27. The van der Waals surface area contributed by atoms with Crippen LogP contribution in [-0.4, -0.2) is 20.0 Å². The Morgan fingerprint density at radius 1 is 1.50 bits per heavy atom. The molecule has 2 fully saturated rings. The molecule has 0 aromatic heterocycles. The van der Waals surface area contributed by atoms with Crippen molar-refractivity contribution in [3.05, 3.63) is 0 Å². The molecule has 0 saturated heterocycles. The lowest BCUT2D eigenvalue weighted by atomic mass is 9.70. The van der Waals surface area contributed by atoms with Crippen LogP contribution in [0.25, 0.3) is 0 Å². The second-order valence-electron chi connectivity index (χ2n) is 5.54. The molecule has 5 nitrogen and oxygen atoms in total. The number of carbonyl (C=O) groups excluding carboxylic acids is 1. The van der Waals surface area contributed by atoms with E-state index in [2.05, 4.69) is 0 Å². The fraction of sp³-hybridized carbons (Fsp3) is 0.900. The molecule has 16 heavy (non-hydrogen) atoms. The zero-order chi connectivity index (χ0) is 12.2. The molecule has 92 valence electrons. The molecule has 0 aliphatic heterocycles. The normalized spacial score (nSPS) is 36.9. The van der Waals surface area contributed by atoms with Gasteiger partial charge in [0.2, 0.25) is 10.0 Å². The van der Waals surface area contributed by atoms with Gasteiger partial charge in [0.15, 0.2) is 0 Å². The average Bonchev–Trinajstić information content (AvgIpc) is 2.51. The van der Waals surface area contributed by atoms with Crippen molar-refractivity contribution in [3.63, 3.8) is 0 Å². The number of hydrogen-bond acceptors (Lipinski definition) is 4. The molecule has 3 N–H and O–H groups in total. The molecule has 0 unspecified atom stereocenters. The van der Waals surface area contributed by atoms with Crippen LogP contribution in [0.15, 0.2) is 0 Å². The molecule has 2 rings (SSSR count). The SMILES string of the molecule is CC1(C)[C@H]2CC[C@@]1(CS(=O)(=O)NN)C(=O)C2. The first-order valence-electron chi connectivity index (χ1n) is 5.48. The van der Waals surface area contributed by atoms with E-state index in [0.29, 0.717) is 18.8 Å². The van der Waals surface area contributed by atoms with Crippen LogP contribution in [0.3, 0.4) is 0 Å². The molecule has 2 bridgehead atoms. The Morgan fingerprint density at radius 2 is 2.12 bits per heavy atom. The third-order valence-electron chi connectivity index (χ3n) is 4.76. The van der Waals surface area contributed by atoms with Crippen LogP contribution in [0.5, 0.6) is 0 Å². The van der Waals surface area contributed by atoms with Gasteiger partial charge in [0.25, 0.3) is 0 Å². The molecular formula is C10H18N2O3S. The summed E-state index contributed by atoms with van der Waals surface area (Å²) < 4.78 is 23.2. The first-order chi connectivity index (χ1) is 7.25. The Hall–Kier alpha value is -0.460. The third-order valence-corrected chi connectivity index (χ3v) is 5.99. The topological polar surface area (TPSA) is 89.3 Å². The van der Waals surface area contributed by atoms with Gasteiger partial charge in [0, 0.05) is 11.8 Å². The summed E-state index contributed by atoms with van der Waals surface area (Å²) in [6.07, 6.45) is 2.14. The van der Waals surface area contributed by atoms with Crippen LogP contribution in [0.2, 0.25) is 0 Å². The second-order valence-corrected chi connectivity index (χ2v) is 7.30. The summed E-state index contributed by atoms with van der Waals surface area (Å²) in [7, 11) is -3.54. The molecule has 0 aromatic rings. The van der Waals surface area contributed by atoms with E-state index in [1.54, 1.807) is 0 Å². The number of nitrogens with one attached hydrogen (secondary N) is 1. The van der Waals surface area contributed by atoms with E-state index < -0.39 is 15.4 Å². The molecule has 0 spiro atoms. The molecule has 2 aliphatic rings. The lowest BCUT2D eigenvalue weighted by Gasteiger charge is -2.35. The van der Waals surface area contributed by atoms with E-state index in [4.69, 9.17) is 5.84 Å². The Labute approximate surface area is 95.8 Å². The van der Waals surface area contributed by atoms with Crippen molar-refractivity contribution in [2.45, 2.75) is 33.1 Å². The quantitative estimate of drug-likeness (QED) is 0.549. The number of Topliss-reactive ketones (excluding diaryl/α,β-unsaturated/α-hetero) is 1. The molecule has 0 amide bonds. The van der Waals surface area contributed by atoms with Gasteiger partial charge in [-0.25, -0.2) is 8.42 Å². The number of rotatable bonds is 3. The van der Waals surface area contributed by atoms with E-state index in [1.165, 1.54) is 0 Å². The zero-order valence-corrected chi connectivity index (χ0v) is 10.4. The third kappa shape index (κ3) is 1.36. The van der Waals surface area contributed by atoms with Crippen molar-refractivity contribution in [2.24, 2.45) is 22.6 Å². The van der Waals surface area contributed by atoms with Gasteiger partial charge >= 0.3 is 0 Å². The van der Waals surface area contributed by atoms with E-state index in [0.717, 1.165) is 6.42 Å². The minimum atomic E-state index is -3.54. The van der Waals surface area contributed by atoms with E-state index in [9.17, 15) is 13.2 Å². The van der Waals surface area contributed by atoms with Crippen LogP contribution >= 0.6 is 0 Å². The Kier molecular flexibility index (Phi) is 2.46. The molecule has 2 aliphatic carbocycles. The van der Waals surface area contributed by atoms with Crippen LogP contribution in [-0.2, 0) is 14.8 Å². The number of hydrazine groups is 1. The highest BCUT2D eigenvalue weighted by molar-refractivity contribution is 7.89. The van der Waals surface area contributed by atoms with Crippen molar-refractivity contribution >= 4 is 15.8 Å².